The number of nitrogens with zero attached hydrogens (tertiary/aromatic N) is 1. The molecule has 3 heterocycles. The van der Waals surface area contributed by atoms with Gasteiger partial charge in [0.05, 0.1) is 8.07 Å². The summed E-state index contributed by atoms with van der Waals surface area (Å²) in [5, 5.41) is 1.73. The molecule has 6 aliphatic carbocycles. The van der Waals surface area contributed by atoms with Gasteiger partial charge in [0.1, 0.15) is 0 Å². The Kier molecular flexibility index (Phi) is 8.92. The van der Waals surface area contributed by atoms with Crippen LogP contribution < -0.4 is 24.8 Å². The second-order valence-electron chi connectivity index (χ2n) is 16.4. The zero-order valence-electron chi connectivity index (χ0n) is 28.9. The molecule has 245 valence electrons. The minimum Gasteiger partial charge on any atom is -1.00 e. The number of rotatable bonds is 3. The fourth-order valence-electron chi connectivity index (χ4n) is 11.7. The molecule has 1 nitrogen and oxygen atoms in total. The van der Waals surface area contributed by atoms with Crippen LogP contribution in [-0.4, -0.2) is 12.6 Å². The molecule has 6 bridgehead atoms. The van der Waals surface area contributed by atoms with Crippen molar-refractivity contribution in [2.24, 2.45) is 17.8 Å². The summed E-state index contributed by atoms with van der Waals surface area (Å²) in [6, 6.07) is 29.9. The zero-order valence-corrected chi connectivity index (χ0v) is 33.9. The first kappa shape index (κ1) is 34.5. The van der Waals surface area contributed by atoms with Crippen LogP contribution in [0.4, 0.5) is 0 Å². The van der Waals surface area contributed by atoms with E-state index in [-0.39, 0.29) is 24.8 Å². The van der Waals surface area contributed by atoms with Gasteiger partial charge < -0.3 is 29.4 Å². The van der Waals surface area contributed by atoms with E-state index in [0.717, 1.165) is 23.3 Å². The number of benzene rings is 3. The van der Waals surface area contributed by atoms with E-state index in [1.807, 2.05) is 0 Å². The largest absolute Gasteiger partial charge is 1.00 e. The van der Waals surface area contributed by atoms with Gasteiger partial charge >= 0.3 is 179 Å². The molecule has 4 saturated carbocycles. The normalized spacial score (nSPS) is 29.1. The molecule has 12 rings (SSSR count). The fourth-order valence-corrected chi connectivity index (χ4v) is 16.8. The minimum atomic E-state index is -1.19. The fraction of sp³-hybridized carbons (Fsp3) is 0.395. The molecule has 0 saturated heterocycles. The van der Waals surface area contributed by atoms with Crippen molar-refractivity contribution in [3.05, 3.63) is 124 Å². The number of aromatic nitrogens is 1. The van der Waals surface area contributed by atoms with Crippen LogP contribution in [-0.2, 0) is 30.1 Å². The molecule has 2 atom stereocenters. The van der Waals surface area contributed by atoms with Gasteiger partial charge in [0.15, 0.2) is 0 Å². The molecule has 48 heavy (non-hydrogen) atoms. The van der Waals surface area contributed by atoms with Gasteiger partial charge in [-0.05, 0) is 37.6 Å². The van der Waals surface area contributed by atoms with Crippen LogP contribution in [0.2, 0.25) is 13.1 Å². The Bertz CT molecular complexity index is 1920. The smallest absolute Gasteiger partial charge is 1.00 e. The van der Waals surface area contributed by atoms with Crippen molar-refractivity contribution in [3.63, 3.8) is 0 Å². The van der Waals surface area contributed by atoms with Gasteiger partial charge in [0, 0.05) is 22.6 Å². The number of aryl methyl sites for hydroxylation is 1. The Hall–Kier alpha value is -1.90. The number of fused-ring (bicyclic) bond motifs is 1. The van der Waals surface area contributed by atoms with Crippen molar-refractivity contribution in [1.29, 1.82) is 0 Å². The van der Waals surface area contributed by atoms with Crippen molar-refractivity contribution in [2.75, 3.05) is 0 Å². The van der Waals surface area contributed by atoms with Crippen LogP contribution in [0, 0.1) is 24.7 Å². The molecule has 0 spiro atoms. The third-order valence-corrected chi connectivity index (χ3v) is 19.1. The molecular weight excluding hydrogens is 721 g/mol. The number of para-hydroxylation sites is 1. The summed E-state index contributed by atoms with van der Waals surface area (Å²) in [5.41, 5.74) is 17.7. The number of hydrogen-bond acceptors (Lipinski definition) is 0. The minimum absolute atomic E-state index is 0. The summed E-state index contributed by atoms with van der Waals surface area (Å²) >= 11 is 1.61. The second kappa shape index (κ2) is 12.4. The summed E-state index contributed by atoms with van der Waals surface area (Å²) in [6.45, 7) is 11.9. The molecule has 0 N–H and O–H groups in total. The van der Waals surface area contributed by atoms with Crippen LogP contribution in [0.5, 0.6) is 0 Å². The topological polar surface area (TPSA) is 4.93 Å². The Morgan fingerprint density at radius 2 is 1.38 bits per heavy atom. The summed E-state index contributed by atoms with van der Waals surface area (Å²) in [5.74, 6) is 3.06. The molecule has 5 heteroatoms. The maximum atomic E-state index is 2.52. The summed E-state index contributed by atoms with van der Waals surface area (Å²) in [7, 11) is -1.19. The van der Waals surface area contributed by atoms with E-state index in [1.54, 1.807) is 52.3 Å². The van der Waals surface area contributed by atoms with E-state index in [4.69, 9.17) is 0 Å². The molecule has 4 aromatic rings. The predicted octanol–water partition coefficient (Wildman–Crippen LogP) is 5.29. The maximum Gasteiger partial charge on any atom is -1.00 e. The van der Waals surface area contributed by atoms with Crippen molar-refractivity contribution in [1.82, 2.24) is 4.57 Å². The predicted molar refractivity (Wildman–Crippen MR) is 191 cm³/mol. The van der Waals surface area contributed by atoms with Gasteiger partial charge in [-0.3, -0.25) is 0 Å². The van der Waals surface area contributed by atoms with Gasteiger partial charge in [-0.15, -0.1) is 0 Å². The number of halogens is 2. The van der Waals surface area contributed by atoms with Gasteiger partial charge in [0.2, 0.25) is 0 Å². The standard InChI is InChI=1S/C26H27.C17H19NSi.2ClH.Zr/c1-17-9-22-3-2-4-24(25(22)10-17)21-5-7-23(8-6-21)26-14-18-11-19(15-26)13-20(12-18)16-26;1-11-10-14-15(17-12(2)16(14)19(17,3)4)18(11)13-8-6-5-7-9-13;;;/h2-10,18-20H,11-16H2,1H3;5-10,17H,1-4H3;2*1H;/q;;;;+2/p-2. The van der Waals surface area contributed by atoms with E-state index >= 15 is 0 Å². The molecule has 1 aromatic heterocycles. The van der Waals surface area contributed by atoms with Crippen LogP contribution in [0.25, 0.3) is 28.1 Å². The van der Waals surface area contributed by atoms with Crippen LogP contribution >= 0.6 is 0 Å². The molecule has 2 unspecified atom stereocenters. The number of hydrogen-bond donors (Lipinski definition) is 0. The van der Waals surface area contributed by atoms with Crippen molar-refractivity contribution in [2.45, 2.75) is 87.0 Å². The van der Waals surface area contributed by atoms with E-state index in [0.29, 0.717) is 9.04 Å². The average Bonchev–Trinajstić information content (AvgIpc) is 3.69. The van der Waals surface area contributed by atoms with Gasteiger partial charge in [-0.2, -0.15) is 0 Å². The third-order valence-electron chi connectivity index (χ3n) is 13.1. The van der Waals surface area contributed by atoms with E-state index in [1.165, 1.54) is 77.7 Å². The first-order valence-electron chi connectivity index (χ1n) is 17.8. The van der Waals surface area contributed by atoms with E-state index in [9.17, 15) is 0 Å². The van der Waals surface area contributed by atoms with Crippen LogP contribution in [0.15, 0.2) is 90.0 Å². The summed E-state index contributed by atoms with van der Waals surface area (Å²) in [6.07, 6.45) is 11.4. The van der Waals surface area contributed by atoms with Gasteiger partial charge in [-0.25, -0.2) is 0 Å². The monoisotopic (exact) mass is 764 g/mol. The molecule has 2 aliphatic heterocycles. The quantitative estimate of drug-likeness (QED) is 0.250. The van der Waals surface area contributed by atoms with Crippen LogP contribution in [0.3, 0.4) is 0 Å². The van der Waals surface area contributed by atoms with Gasteiger partial charge in [0.25, 0.3) is 0 Å². The first-order chi connectivity index (χ1) is 22.1. The van der Waals surface area contributed by atoms with E-state index < -0.39 is 8.07 Å². The average molecular weight is 767 g/mol. The Balaban J connectivity index is 0.000000154. The van der Waals surface area contributed by atoms with Crippen molar-refractivity contribution in [3.8, 4) is 16.8 Å². The summed E-state index contributed by atoms with van der Waals surface area (Å²) in [4.78, 5) is 0. The second-order valence-corrected chi connectivity index (χ2v) is 22.3. The first-order valence-corrected chi connectivity index (χ1v) is 22.3. The molecule has 3 aromatic carbocycles. The van der Waals surface area contributed by atoms with Crippen molar-refractivity contribution >= 4 is 19.3 Å². The Labute approximate surface area is 316 Å². The van der Waals surface area contributed by atoms with Crippen molar-refractivity contribution < 1.29 is 49.5 Å². The number of allylic oxidation sites excluding steroid dienone is 2. The Morgan fingerprint density at radius 1 is 0.750 bits per heavy atom. The Morgan fingerprint density at radius 3 is 1.98 bits per heavy atom. The zero-order chi connectivity index (χ0) is 31.5. The van der Waals surface area contributed by atoms with Crippen LogP contribution in [0.1, 0.15) is 95.2 Å². The third kappa shape index (κ3) is 5.07. The maximum absolute atomic E-state index is 2.52. The molecule has 0 radical (unpaired) electrons. The molecular formula is C43H46Cl2NSiZr. The molecule has 4 fully saturated rings. The van der Waals surface area contributed by atoms with Gasteiger partial charge in [-0.1, -0.05) is 42.1 Å². The van der Waals surface area contributed by atoms with E-state index in [2.05, 4.69) is 123 Å². The molecule has 0 amide bonds. The molecule has 8 aliphatic rings. The SMILES string of the molecule is CC1=C2c3cc(C)n(-c4ccccc4)c3C1[Si]2(C)C.CC1=Cc2c(-c3ccc(C45CC6CC(CC(C6)C4)C5)cc3)cccc2[CH]1[Zr+2].[Cl-].[Cl-]. The summed E-state index contributed by atoms with van der Waals surface area (Å²) < 4.78 is 3.14.